The van der Waals surface area contributed by atoms with E-state index in [1.165, 1.54) is 50.1 Å². The van der Waals surface area contributed by atoms with E-state index in [-0.39, 0.29) is 0 Å². The fourth-order valence-electron chi connectivity index (χ4n) is 12.5. The van der Waals surface area contributed by atoms with E-state index in [9.17, 15) is 0 Å². The summed E-state index contributed by atoms with van der Waals surface area (Å²) in [5.74, 6) is 1.69. The molecule has 3 heterocycles. The molecule has 0 aliphatic heterocycles. The first-order valence-electron chi connectivity index (χ1n) is 25.5. The van der Waals surface area contributed by atoms with Crippen molar-refractivity contribution in [2.45, 2.75) is 5.41 Å². The third-order valence-electron chi connectivity index (χ3n) is 15.8. The highest BCUT2D eigenvalue weighted by Gasteiger charge is 2.51. The van der Waals surface area contributed by atoms with Crippen LogP contribution >= 0.6 is 0 Å². The van der Waals surface area contributed by atoms with E-state index >= 15 is 0 Å². The number of fused-ring (bicyclic) bond motifs is 16. The zero-order valence-corrected chi connectivity index (χ0v) is 40.3. The number of nitrogens with zero attached hydrogens (tertiary/aromatic N) is 3. The Morgan fingerprint density at radius 2 is 0.653 bits per heavy atom. The maximum atomic E-state index is 6.66. The topological polar surface area (TPSA) is 65.0 Å². The highest BCUT2D eigenvalue weighted by atomic mass is 16.3. The monoisotopic (exact) mass is 955 g/mol. The molecule has 0 saturated carbocycles. The van der Waals surface area contributed by atoms with E-state index in [0.29, 0.717) is 17.5 Å². The van der Waals surface area contributed by atoms with Crippen LogP contribution in [0.4, 0.5) is 0 Å². The lowest BCUT2D eigenvalue weighted by molar-refractivity contribution is 0.668. The van der Waals surface area contributed by atoms with Crippen molar-refractivity contribution in [1.82, 2.24) is 15.0 Å². The summed E-state index contributed by atoms with van der Waals surface area (Å²) < 4.78 is 13.0. The van der Waals surface area contributed by atoms with Crippen LogP contribution < -0.4 is 0 Å². The quantitative estimate of drug-likeness (QED) is 0.166. The molecule has 0 atom stereocenters. The Hall–Kier alpha value is -9.97. The Morgan fingerprint density at radius 1 is 0.240 bits per heavy atom. The van der Waals surface area contributed by atoms with Crippen LogP contribution in [0.5, 0.6) is 0 Å². The van der Waals surface area contributed by atoms with E-state index < -0.39 is 5.41 Å². The molecule has 75 heavy (non-hydrogen) atoms. The SMILES string of the molecule is c1ccc(-c2ccc(-c3nc(-c4cccc5oc6ccccc6c45)nc(-c4cccc5oc6ccc(-c7cccc(-c8ccc9c(c8)C8(c%10ccccc%10-c%10ccccc%108)c8ccccc8-9)c7)cc6c45)n3)cc2)cc1. The minimum Gasteiger partial charge on any atom is -0.456 e. The molecular weight excluding hydrogens is 915 g/mol. The van der Waals surface area contributed by atoms with Gasteiger partial charge in [0, 0.05) is 38.2 Å². The second-order valence-electron chi connectivity index (χ2n) is 19.7. The van der Waals surface area contributed by atoms with Crippen molar-refractivity contribution in [3.63, 3.8) is 0 Å². The number of rotatable bonds is 6. The molecule has 14 aromatic rings. The van der Waals surface area contributed by atoms with Gasteiger partial charge in [0.05, 0.1) is 5.41 Å². The molecule has 0 bridgehead atoms. The lowest BCUT2D eigenvalue weighted by atomic mass is 9.70. The molecule has 3 aromatic heterocycles. The smallest absolute Gasteiger partial charge is 0.164 e. The number of hydrogen-bond donors (Lipinski definition) is 0. The molecular formula is C70H41N3O2. The Kier molecular flexibility index (Phi) is 8.89. The first-order valence-corrected chi connectivity index (χ1v) is 25.5. The summed E-state index contributed by atoms with van der Waals surface area (Å²) in [6.07, 6.45) is 0. The molecule has 2 aliphatic rings. The molecule has 5 heteroatoms. The molecule has 0 N–H and O–H groups in total. The van der Waals surface area contributed by atoms with Crippen molar-refractivity contribution in [2.75, 3.05) is 0 Å². The van der Waals surface area contributed by atoms with E-state index in [1.54, 1.807) is 0 Å². The summed E-state index contributed by atoms with van der Waals surface area (Å²) >= 11 is 0. The zero-order chi connectivity index (χ0) is 49.2. The number of furan rings is 2. The summed E-state index contributed by atoms with van der Waals surface area (Å²) in [6, 6.07) is 88.7. The van der Waals surface area contributed by atoms with Gasteiger partial charge >= 0.3 is 0 Å². The standard InChI is InChI=1S/C70H41N3O2/c1-2-15-42(16-3-1)43-31-33-44(34-32-43)67-71-68(54-23-13-29-63-65(54)53-22-7-11-28-61(53)74-63)73-69(72-67)55-24-14-30-64-66(55)56-40-47(36-38-62(56)75-64)45-17-12-18-46(39-45)48-35-37-52-51-21-6-10-27-59(51)70(60(52)41-48)57-25-8-4-19-49(57)50-20-5-9-26-58(50)70/h1-41H. The van der Waals surface area contributed by atoms with Crippen LogP contribution in [0.1, 0.15) is 22.3 Å². The average molecular weight is 956 g/mol. The highest BCUT2D eigenvalue weighted by Crippen LogP contribution is 2.63. The molecule has 0 amide bonds. The minimum atomic E-state index is -0.411. The van der Waals surface area contributed by atoms with Gasteiger partial charge in [-0.15, -0.1) is 0 Å². The predicted octanol–water partition coefficient (Wildman–Crippen LogP) is 18.0. The van der Waals surface area contributed by atoms with Crippen LogP contribution in [0, 0.1) is 0 Å². The fourth-order valence-corrected chi connectivity index (χ4v) is 12.5. The molecule has 11 aromatic carbocycles. The third kappa shape index (κ3) is 6.16. The number of para-hydroxylation sites is 1. The van der Waals surface area contributed by atoms with Gasteiger partial charge in [-0.3, -0.25) is 0 Å². The van der Waals surface area contributed by atoms with Crippen LogP contribution in [0.2, 0.25) is 0 Å². The van der Waals surface area contributed by atoms with Crippen molar-refractivity contribution < 1.29 is 8.83 Å². The lowest BCUT2D eigenvalue weighted by Gasteiger charge is -2.30. The Balaban J connectivity index is 0.836. The first kappa shape index (κ1) is 41.6. The Morgan fingerprint density at radius 3 is 1.31 bits per heavy atom. The molecule has 0 fully saturated rings. The van der Waals surface area contributed by atoms with Crippen LogP contribution in [-0.2, 0) is 5.41 Å². The molecule has 0 saturated heterocycles. The van der Waals surface area contributed by atoms with Crippen molar-refractivity contribution in [2.24, 2.45) is 0 Å². The second-order valence-corrected chi connectivity index (χ2v) is 19.7. The van der Waals surface area contributed by atoms with E-state index in [4.69, 9.17) is 23.8 Å². The van der Waals surface area contributed by atoms with Gasteiger partial charge in [-0.1, -0.05) is 206 Å². The van der Waals surface area contributed by atoms with Crippen LogP contribution in [0.3, 0.4) is 0 Å². The van der Waals surface area contributed by atoms with Gasteiger partial charge in [0.1, 0.15) is 22.3 Å². The molecule has 2 aliphatic carbocycles. The minimum absolute atomic E-state index is 0.411. The highest BCUT2D eigenvalue weighted by molar-refractivity contribution is 6.14. The summed E-state index contributed by atoms with van der Waals surface area (Å²) in [5.41, 5.74) is 22.7. The lowest BCUT2D eigenvalue weighted by Crippen LogP contribution is -2.25. The van der Waals surface area contributed by atoms with E-state index in [0.717, 1.165) is 88.4 Å². The molecule has 348 valence electrons. The summed E-state index contributed by atoms with van der Waals surface area (Å²) in [6.45, 7) is 0. The van der Waals surface area contributed by atoms with Crippen LogP contribution in [-0.4, -0.2) is 15.0 Å². The maximum Gasteiger partial charge on any atom is 0.164 e. The van der Waals surface area contributed by atoms with E-state index in [1.807, 2.05) is 48.5 Å². The molecule has 1 spiro atoms. The van der Waals surface area contributed by atoms with Gasteiger partial charge < -0.3 is 8.83 Å². The number of benzene rings is 11. The van der Waals surface area contributed by atoms with Crippen LogP contribution in [0.25, 0.3) is 134 Å². The largest absolute Gasteiger partial charge is 0.456 e. The first-order chi connectivity index (χ1) is 37.2. The number of aromatic nitrogens is 3. The van der Waals surface area contributed by atoms with E-state index in [2.05, 4.69) is 200 Å². The van der Waals surface area contributed by atoms with Gasteiger partial charge in [0.2, 0.25) is 0 Å². The molecule has 0 unspecified atom stereocenters. The average Bonchev–Trinajstić information content (AvgIpc) is 4.23. The third-order valence-corrected chi connectivity index (χ3v) is 15.8. The second kappa shape index (κ2) is 16.0. The van der Waals surface area contributed by atoms with Crippen LogP contribution in [0.15, 0.2) is 258 Å². The zero-order valence-electron chi connectivity index (χ0n) is 40.3. The normalized spacial score (nSPS) is 12.9. The summed E-state index contributed by atoms with van der Waals surface area (Å²) in [7, 11) is 0. The van der Waals surface area contributed by atoms with Gasteiger partial charge in [0.25, 0.3) is 0 Å². The molecule has 5 nitrogen and oxygen atoms in total. The van der Waals surface area contributed by atoms with Crippen molar-refractivity contribution in [3.05, 3.63) is 271 Å². The fraction of sp³-hybridized carbons (Fsp3) is 0.0143. The number of hydrogen-bond acceptors (Lipinski definition) is 5. The summed E-state index contributed by atoms with van der Waals surface area (Å²) in [4.78, 5) is 15.9. The van der Waals surface area contributed by atoms with Gasteiger partial charge in [-0.05, 0) is 120 Å². The summed E-state index contributed by atoms with van der Waals surface area (Å²) in [5, 5.41) is 3.90. The van der Waals surface area contributed by atoms with Crippen molar-refractivity contribution in [3.8, 4) is 89.8 Å². The Bertz CT molecular complexity index is 4600. The molecule has 16 rings (SSSR count). The maximum absolute atomic E-state index is 6.66. The van der Waals surface area contributed by atoms with Gasteiger partial charge in [-0.2, -0.15) is 0 Å². The van der Waals surface area contributed by atoms with Gasteiger partial charge in [0.15, 0.2) is 17.5 Å². The van der Waals surface area contributed by atoms with Gasteiger partial charge in [-0.25, -0.2) is 15.0 Å². The Labute approximate surface area is 431 Å². The van der Waals surface area contributed by atoms with Crippen molar-refractivity contribution >= 4 is 43.9 Å². The molecule has 0 radical (unpaired) electrons. The predicted molar refractivity (Wildman–Crippen MR) is 303 cm³/mol. The van der Waals surface area contributed by atoms with Crippen molar-refractivity contribution in [1.29, 1.82) is 0 Å².